The Morgan fingerprint density at radius 2 is 1.90 bits per heavy atom. The first-order valence-corrected chi connectivity index (χ1v) is 10.9. The Hall–Kier alpha value is -3.16. The van der Waals surface area contributed by atoms with Gasteiger partial charge in [0.15, 0.2) is 11.6 Å². The number of aromatic nitrogens is 3. The van der Waals surface area contributed by atoms with Crippen LogP contribution in [0.5, 0.6) is 5.75 Å². The molecule has 8 heteroatoms. The number of carbonyl (C=O) groups is 1. The van der Waals surface area contributed by atoms with Crippen molar-refractivity contribution in [1.82, 2.24) is 19.7 Å². The van der Waals surface area contributed by atoms with Crippen LogP contribution < -0.4 is 4.74 Å². The molecule has 1 saturated heterocycles. The lowest BCUT2D eigenvalue weighted by atomic mass is 10.0. The Balaban J connectivity index is 1.30. The van der Waals surface area contributed by atoms with Crippen molar-refractivity contribution in [3.8, 4) is 5.75 Å². The Bertz CT molecular complexity index is 1060. The fourth-order valence-corrected chi connectivity index (χ4v) is 4.42. The van der Waals surface area contributed by atoms with Crippen LogP contribution in [-0.2, 0) is 19.6 Å². The Kier molecular flexibility index (Phi) is 5.44. The second-order valence-corrected chi connectivity index (χ2v) is 8.10. The molecule has 7 nitrogen and oxygen atoms in total. The molecule has 0 aliphatic carbocycles. The van der Waals surface area contributed by atoms with Gasteiger partial charge in [-0.3, -0.25) is 4.79 Å². The van der Waals surface area contributed by atoms with Crippen molar-refractivity contribution >= 4 is 5.91 Å². The quantitative estimate of drug-likeness (QED) is 0.611. The minimum Gasteiger partial charge on any atom is -0.486 e. The van der Waals surface area contributed by atoms with E-state index in [1.165, 1.54) is 12.1 Å². The average Bonchev–Trinajstić information content (AvgIpc) is 3.46. The van der Waals surface area contributed by atoms with Gasteiger partial charge in [-0.15, -0.1) is 10.2 Å². The number of fused-ring (bicyclic) bond motifs is 1. The normalized spacial score (nSPS) is 18.6. The molecule has 1 fully saturated rings. The zero-order valence-corrected chi connectivity index (χ0v) is 17.3. The summed E-state index contributed by atoms with van der Waals surface area (Å²) in [6.45, 7) is 1.76. The molecule has 162 valence electrons. The number of hydrogen-bond acceptors (Lipinski definition) is 5. The summed E-state index contributed by atoms with van der Waals surface area (Å²) in [5.41, 5.74) is 0. The van der Waals surface area contributed by atoms with Crippen molar-refractivity contribution in [2.75, 3.05) is 6.54 Å². The van der Waals surface area contributed by atoms with Gasteiger partial charge in [0.2, 0.25) is 0 Å². The standard InChI is InChI=1S/C23H25FN4O3/c24-16-7-9-17(10-8-16)30-15-18-11-12-20(31-18)23(29)27-13-3-1-5-19(27)22-26-25-21-6-2-4-14-28(21)22/h7-12,19H,1-6,13-15H2. The van der Waals surface area contributed by atoms with E-state index in [0.29, 0.717) is 23.8 Å². The molecule has 0 bridgehead atoms. The van der Waals surface area contributed by atoms with Gasteiger partial charge >= 0.3 is 0 Å². The highest BCUT2D eigenvalue weighted by Gasteiger charge is 2.34. The summed E-state index contributed by atoms with van der Waals surface area (Å²) in [7, 11) is 0. The molecular formula is C23H25FN4O3. The van der Waals surface area contributed by atoms with Crippen LogP contribution in [-0.4, -0.2) is 32.1 Å². The first kappa shape index (κ1) is 19.8. The molecule has 1 unspecified atom stereocenters. The summed E-state index contributed by atoms with van der Waals surface area (Å²) >= 11 is 0. The van der Waals surface area contributed by atoms with Gasteiger partial charge in [0.1, 0.15) is 29.8 Å². The number of hydrogen-bond donors (Lipinski definition) is 0. The van der Waals surface area contributed by atoms with E-state index in [2.05, 4.69) is 14.8 Å². The monoisotopic (exact) mass is 424 g/mol. The van der Waals surface area contributed by atoms with Gasteiger partial charge in [-0.05, 0) is 68.5 Å². The van der Waals surface area contributed by atoms with Gasteiger partial charge in [0, 0.05) is 19.5 Å². The fourth-order valence-electron chi connectivity index (χ4n) is 4.42. The van der Waals surface area contributed by atoms with Gasteiger partial charge in [-0.1, -0.05) is 0 Å². The van der Waals surface area contributed by atoms with Crippen molar-refractivity contribution in [2.45, 2.75) is 57.7 Å². The number of nitrogens with zero attached hydrogens (tertiary/aromatic N) is 4. The first-order valence-electron chi connectivity index (χ1n) is 10.9. The van der Waals surface area contributed by atoms with Crippen LogP contribution in [0, 0.1) is 5.82 Å². The number of ether oxygens (including phenoxy) is 1. The van der Waals surface area contributed by atoms with Crippen LogP contribution in [0.3, 0.4) is 0 Å². The van der Waals surface area contributed by atoms with Crippen LogP contribution in [0.1, 0.15) is 66.1 Å². The molecule has 5 rings (SSSR count). The van der Waals surface area contributed by atoms with Crippen LogP contribution in [0.15, 0.2) is 40.8 Å². The number of halogens is 1. The molecule has 0 saturated carbocycles. The largest absolute Gasteiger partial charge is 0.486 e. The third-order valence-electron chi connectivity index (χ3n) is 6.02. The van der Waals surface area contributed by atoms with Gasteiger partial charge in [0.25, 0.3) is 5.91 Å². The second-order valence-electron chi connectivity index (χ2n) is 8.10. The van der Waals surface area contributed by atoms with Crippen molar-refractivity contribution in [1.29, 1.82) is 0 Å². The molecule has 2 aliphatic rings. The van der Waals surface area contributed by atoms with E-state index in [-0.39, 0.29) is 24.4 Å². The van der Waals surface area contributed by atoms with E-state index in [1.807, 2.05) is 4.90 Å². The van der Waals surface area contributed by atoms with Crippen LogP contribution in [0.4, 0.5) is 4.39 Å². The molecule has 0 radical (unpaired) electrons. The predicted octanol–water partition coefficient (Wildman–Crippen LogP) is 4.29. The third kappa shape index (κ3) is 4.06. The lowest BCUT2D eigenvalue weighted by Crippen LogP contribution is -2.39. The van der Waals surface area contributed by atoms with Crippen LogP contribution >= 0.6 is 0 Å². The van der Waals surface area contributed by atoms with Crippen molar-refractivity contribution in [3.05, 3.63) is 65.4 Å². The SMILES string of the molecule is O=C(c1ccc(COc2ccc(F)cc2)o1)N1CCCCC1c1nnc2n1CCCC2. The summed E-state index contributed by atoms with van der Waals surface area (Å²) in [5, 5.41) is 8.84. The topological polar surface area (TPSA) is 73.4 Å². The number of benzene rings is 1. The van der Waals surface area contributed by atoms with Crippen LogP contribution in [0.2, 0.25) is 0 Å². The molecule has 31 heavy (non-hydrogen) atoms. The number of piperidine rings is 1. The number of aryl methyl sites for hydroxylation is 1. The van der Waals surface area contributed by atoms with Crippen molar-refractivity contribution in [2.24, 2.45) is 0 Å². The maximum atomic E-state index is 13.3. The van der Waals surface area contributed by atoms with Crippen LogP contribution in [0.25, 0.3) is 0 Å². The minimum atomic E-state index is -0.316. The van der Waals surface area contributed by atoms with Crippen molar-refractivity contribution < 1.29 is 18.3 Å². The number of rotatable bonds is 5. The van der Waals surface area contributed by atoms with E-state index in [9.17, 15) is 9.18 Å². The smallest absolute Gasteiger partial charge is 0.290 e. The molecule has 0 N–H and O–H groups in total. The number of carbonyl (C=O) groups excluding carboxylic acids is 1. The van der Waals surface area contributed by atoms with E-state index < -0.39 is 0 Å². The van der Waals surface area contributed by atoms with E-state index in [4.69, 9.17) is 9.15 Å². The highest BCUT2D eigenvalue weighted by molar-refractivity contribution is 5.91. The minimum absolute atomic E-state index is 0.0791. The first-order chi connectivity index (χ1) is 15.2. The number of furan rings is 1. The Morgan fingerprint density at radius 3 is 2.77 bits per heavy atom. The maximum Gasteiger partial charge on any atom is 0.290 e. The number of amides is 1. The lowest BCUT2D eigenvalue weighted by Gasteiger charge is -2.35. The Morgan fingerprint density at radius 1 is 1.06 bits per heavy atom. The Labute approximate surface area is 179 Å². The molecule has 1 aromatic carbocycles. The van der Waals surface area contributed by atoms with Gasteiger partial charge < -0.3 is 18.6 Å². The van der Waals surface area contributed by atoms with Gasteiger partial charge in [-0.2, -0.15) is 0 Å². The van der Waals surface area contributed by atoms with Crippen molar-refractivity contribution in [3.63, 3.8) is 0 Å². The molecule has 1 amide bonds. The van der Waals surface area contributed by atoms with Gasteiger partial charge in [-0.25, -0.2) is 4.39 Å². The molecule has 0 spiro atoms. The van der Waals surface area contributed by atoms with E-state index in [1.54, 1.807) is 24.3 Å². The molecule has 2 aliphatic heterocycles. The fraction of sp³-hybridized carbons (Fsp3) is 0.435. The predicted molar refractivity (Wildman–Crippen MR) is 110 cm³/mol. The average molecular weight is 424 g/mol. The number of likely N-dealkylation sites (tertiary alicyclic amines) is 1. The highest BCUT2D eigenvalue weighted by atomic mass is 19.1. The summed E-state index contributed by atoms with van der Waals surface area (Å²) in [5.74, 6) is 2.85. The zero-order valence-electron chi connectivity index (χ0n) is 17.3. The lowest BCUT2D eigenvalue weighted by molar-refractivity contribution is 0.0557. The zero-order chi connectivity index (χ0) is 21.2. The highest BCUT2D eigenvalue weighted by Crippen LogP contribution is 2.33. The molecular weight excluding hydrogens is 399 g/mol. The summed E-state index contributed by atoms with van der Waals surface area (Å²) < 4.78 is 26.6. The maximum absolute atomic E-state index is 13.3. The third-order valence-corrected chi connectivity index (χ3v) is 6.02. The van der Waals surface area contributed by atoms with E-state index in [0.717, 1.165) is 56.7 Å². The molecule has 3 aromatic rings. The summed E-state index contributed by atoms with van der Waals surface area (Å²) in [6.07, 6.45) is 6.11. The summed E-state index contributed by atoms with van der Waals surface area (Å²) in [6, 6.07) is 9.15. The molecule has 2 aromatic heterocycles. The second kappa shape index (κ2) is 8.53. The van der Waals surface area contributed by atoms with E-state index >= 15 is 0 Å². The molecule has 1 atom stereocenters. The molecule has 4 heterocycles. The van der Waals surface area contributed by atoms with Gasteiger partial charge in [0.05, 0.1) is 6.04 Å². The summed E-state index contributed by atoms with van der Waals surface area (Å²) in [4.78, 5) is 15.2.